The average Bonchev–Trinajstić information content (AvgIpc) is 3.14. The van der Waals surface area contributed by atoms with Crippen LogP contribution in [0.4, 0.5) is 5.69 Å². The van der Waals surface area contributed by atoms with E-state index in [-0.39, 0.29) is 24.4 Å². The Labute approximate surface area is 173 Å². The Balaban J connectivity index is 1.82. The topological polar surface area (TPSA) is 120 Å². The van der Waals surface area contributed by atoms with Gasteiger partial charge in [-0.1, -0.05) is 0 Å². The summed E-state index contributed by atoms with van der Waals surface area (Å²) >= 11 is 0. The first kappa shape index (κ1) is 19.8. The van der Waals surface area contributed by atoms with E-state index in [1.54, 1.807) is 12.1 Å². The number of nitro benzene ring substituents is 1. The summed E-state index contributed by atoms with van der Waals surface area (Å²) in [7, 11) is 0. The fourth-order valence-electron chi connectivity index (χ4n) is 3.66. The normalized spacial score (nSPS) is 17.2. The van der Waals surface area contributed by atoms with Gasteiger partial charge in [-0.25, -0.2) is 5.01 Å². The summed E-state index contributed by atoms with van der Waals surface area (Å²) in [4.78, 5) is 23.4. The number of carbonyl (C=O) groups excluding carboxylic acids is 1. The van der Waals surface area contributed by atoms with Crippen molar-refractivity contribution in [1.82, 2.24) is 5.01 Å². The molecule has 4 rings (SSSR count). The molecule has 0 saturated heterocycles. The predicted molar refractivity (Wildman–Crippen MR) is 110 cm³/mol. The molecular weight excluding hydrogens is 388 g/mol. The number of rotatable bonds is 5. The van der Waals surface area contributed by atoms with E-state index in [0.29, 0.717) is 48.6 Å². The van der Waals surface area contributed by atoms with E-state index >= 15 is 0 Å². The summed E-state index contributed by atoms with van der Waals surface area (Å²) < 4.78 is 11.1. The highest BCUT2D eigenvalue weighted by Gasteiger charge is 2.29. The molecule has 0 fully saturated rings. The van der Waals surface area contributed by atoms with Crippen molar-refractivity contribution in [2.45, 2.75) is 32.2 Å². The molecule has 2 aliphatic rings. The standard InChI is InChI=1S/C21H22N4O5/c1-13-9-15-10-18-19(30-12-29-18)11-17(15)21(23-24(13)20(26)3-2-8-22)14-4-6-16(7-5-14)25(27)28/h4-7,10-11,13H,2-3,8-9,12,22H2,1H3. The summed E-state index contributed by atoms with van der Waals surface area (Å²) in [6.07, 6.45) is 1.46. The number of ether oxygens (including phenoxy) is 2. The van der Waals surface area contributed by atoms with Crippen molar-refractivity contribution in [3.05, 3.63) is 63.2 Å². The van der Waals surface area contributed by atoms with Crippen molar-refractivity contribution in [1.29, 1.82) is 0 Å². The number of fused-ring (bicyclic) bond motifs is 2. The SMILES string of the molecule is CC1Cc2cc3c(cc2C(c2ccc([N+](=O)[O-])cc2)=NN1C(=O)CCCN)OCO3. The minimum atomic E-state index is -0.449. The second-order valence-corrected chi connectivity index (χ2v) is 7.30. The van der Waals surface area contributed by atoms with E-state index in [1.807, 2.05) is 19.1 Å². The summed E-state index contributed by atoms with van der Waals surface area (Å²) in [5.74, 6) is 1.16. The molecule has 2 aromatic carbocycles. The van der Waals surface area contributed by atoms with Gasteiger partial charge >= 0.3 is 0 Å². The number of hydrazone groups is 1. The quantitative estimate of drug-likeness (QED) is 0.597. The van der Waals surface area contributed by atoms with Crippen LogP contribution in [0.25, 0.3) is 0 Å². The van der Waals surface area contributed by atoms with Crippen LogP contribution in [0.3, 0.4) is 0 Å². The van der Waals surface area contributed by atoms with E-state index < -0.39 is 4.92 Å². The molecule has 156 valence electrons. The first-order valence-electron chi connectivity index (χ1n) is 9.76. The van der Waals surface area contributed by atoms with Gasteiger partial charge in [-0.3, -0.25) is 14.9 Å². The minimum absolute atomic E-state index is 0.0110. The third-order valence-electron chi connectivity index (χ3n) is 5.20. The van der Waals surface area contributed by atoms with Gasteiger partial charge in [-0.05, 0) is 56.1 Å². The number of nitro groups is 1. The molecule has 30 heavy (non-hydrogen) atoms. The average molecular weight is 410 g/mol. The fourth-order valence-corrected chi connectivity index (χ4v) is 3.66. The van der Waals surface area contributed by atoms with Crippen molar-refractivity contribution in [2.75, 3.05) is 13.3 Å². The third kappa shape index (κ3) is 3.71. The van der Waals surface area contributed by atoms with Gasteiger partial charge < -0.3 is 15.2 Å². The molecule has 0 aromatic heterocycles. The number of nitrogens with zero attached hydrogens (tertiary/aromatic N) is 3. The Bertz CT molecular complexity index is 1020. The highest BCUT2D eigenvalue weighted by molar-refractivity contribution is 6.14. The van der Waals surface area contributed by atoms with Gasteiger partial charge in [-0.2, -0.15) is 5.10 Å². The van der Waals surface area contributed by atoms with Gasteiger partial charge in [0.15, 0.2) is 11.5 Å². The second-order valence-electron chi connectivity index (χ2n) is 7.30. The maximum atomic E-state index is 12.8. The summed E-state index contributed by atoms with van der Waals surface area (Å²) in [6.45, 7) is 2.52. The maximum Gasteiger partial charge on any atom is 0.269 e. The zero-order valence-electron chi connectivity index (χ0n) is 16.5. The maximum absolute atomic E-state index is 12.8. The van der Waals surface area contributed by atoms with Crippen LogP contribution < -0.4 is 15.2 Å². The molecular formula is C21H22N4O5. The van der Waals surface area contributed by atoms with Gasteiger partial charge in [0.1, 0.15) is 0 Å². The highest BCUT2D eigenvalue weighted by Crippen LogP contribution is 2.37. The molecule has 2 aromatic rings. The fraction of sp³-hybridized carbons (Fsp3) is 0.333. The van der Waals surface area contributed by atoms with Crippen molar-refractivity contribution in [3.63, 3.8) is 0 Å². The van der Waals surface area contributed by atoms with Crippen LogP contribution in [-0.4, -0.2) is 40.9 Å². The summed E-state index contributed by atoms with van der Waals surface area (Å²) in [5.41, 5.74) is 8.57. The lowest BCUT2D eigenvalue weighted by Crippen LogP contribution is -2.35. The molecule has 9 nitrogen and oxygen atoms in total. The summed E-state index contributed by atoms with van der Waals surface area (Å²) in [6, 6.07) is 9.75. The number of nitrogens with two attached hydrogens (primary N) is 1. The number of hydrogen-bond acceptors (Lipinski definition) is 7. The van der Waals surface area contributed by atoms with Gasteiger partial charge in [0.05, 0.1) is 16.7 Å². The lowest BCUT2D eigenvalue weighted by Gasteiger charge is -2.23. The monoisotopic (exact) mass is 410 g/mol. The molecule has 1 atom stereocenters. The van der Waals surface area contributed by atoms with Crippen molar-refractivity contribution < 1.29 is 19.2 Å². The molecule has 2 N–H and O–H groups in total. The molecule has 0 spiro atoms. The second kappa shape index (κ2) is 8.11. The lowest BCUT2D eigenvalue weighted by molar-refractivity contribution is -0.384. The van der Waals surface area contributed by atoms with Gasteiger partial charge in [-0.15, -0.1) is 0 Å². The Morgan fingerprint density at radius 2 is 1.97 bits per heavy atom. The molecule has 0 radical (unpaired) electrons. The van der Waals surface area contributed by atoms with Crippen LogP contribution in [0.2, 0.25) is 0 Å². The molecule has 1 amide bonds. The molecule has 0 bridgehead atoms. The Morgan fingerprint density at radius 1 is 1.27 bits per heavy atom. The first-order valence-corrected chi connectivity index (χ1v) is 9.76. The van der Waals surface area contributed by atoms with Crippen LogP contribution in [0.1, 0.15) is 36.5 Å². The number of amides is 1. The smallest absolute Gasteiger partial charge is 0.269 e. The van der Waals surface area contributed by atoms with Gasteiger partial charge in [0.25, 0.3) is 5.69 Å². The van der Waals surface area contributed by atoms with Crippen LogP contribution in [0.15, 0.2) is 41.5 Å². The zero-order chi connectivity index (χ0) is 21.3. The van der Waals surface area contributed by atoms with E-state index in [4.69, 9.17) is 20.3 Å². The van der Waals surface area contributed by atoms with E-state index in [2.05, 4.69) is 0 Å². The Morgan fingerprint density at radius 3 is 2.63 bits per heavy atom. The molecule has 2 aliphatic heterocycles. The molecule has 1 unspecified atom stereocenters. The van der Waals surface area contributed by atoms with E-state index in [0.717, 1.165) is 11.1 Å². The largest absolute Gasteiger partial charge is 0.454 e. The van der Waals surface area contributed by atoms with Crippen LogP contribution in [-0.2, 0) is 11.2 Å². The highest BCUT2D eigenvalue weighted by atomic mass is 16.7. The number of benzene rings is 2. The number of non-ortho nitro benzene ring substituents is 1. The predicted octanol–water partition coefficient (Wildman–Crippen LogP) is 2.59. The van der Waals surface area contributed by atoms with E-state index in [1.165, 1.54) is 17.1 Å². The van der Waals surface area contributed by atoms with Crippen molar-refractivity contribution in [3.8, 4) is 11.5 Å². The van der Waals surface area contributed by atoms with Gasteiger partial charge in [0, 0.05) is 29.7 Å². The molecule has 9 heteroatoms. The van der Waals surface area contributed by atoms with Crippen LogP contribution in [0, 0.1) is 10.1 Å². The van der Waals surface area contributed by atoms with Crippen molar-refractivity contribution >= 4 is 17.3 Å². The zero-order valence-corrected chi connectivity index (χ0v) is 16.5. The molecule has 2 heterocycles. The number of carbonyl (C=O) groups is 1. The molecule has 0 saturated carbocycles. The first-order chi connectivity index (χ1) is 14.5. The summed E-state index contributed by atoms with van der Waals surface area (Å²) in [5, 5.41) is 17.3. The van der Waals surface area contributed by atoms with Crippen LogP contribution in [0.5, 0.6) is 11.5 Å². The minimum Gasteiger partial charge on any atom is -0.454 e. The lowest BCUT2D eigenvalue weighted by atomic mass is 9.94. The van der Waals surface area contributed by atoms with Crippen LogP contribution >= 0.6 is 0 Å². The van der Waals surface area contributed by atoms with Gasteiger partial charge in [0.2, 0.25) is 12.7 Å². The van der Waals surface area contributed by atoms with Crippen molar-refractivity contribution in [2.24, 2.45) is 10.8 Å². The van der Waals surface area contributed by atoms with E-state index in [9.17, 15) is 14.9 Å². The Kier molecular flexibility index (Phi) is 5.37. The number of hydrogen-bond donors (Lipinski definition) is 1. The third-order valence-corrected chi connectivity index (χ3v) is 5.20. The Hall–Kier alpha value is -3.46. The molecule has 0 aliphatic carbocycles.